The number of ether oxygens (including phenoxy) is 1. The predicted octanol–water partition coefficient (Wildman–Crippen LogP) is 2.15. The lowest BCUT2D eigenvalue weighted by atomic mass is 10.1. The van der Waals surface area contributed by atoms with E-state index >= 15 is 0 Å². The first-order valence-corrected chi connectivity index (χ1v) is 12.4. The van der Waals surface area contributed by atoms with Gasteiger partial charge in [-0.2, -0.15) is 0 Å². The van der Waals surface area contributed by atoms with Crippen LogP contribution in [0.5, 0.6) is 0 Å². The molecule has 166 valence electrons. The summed E-state index contributed by atoms with van der Waals surface area (Å²) in [6.45, 7) is 5.48. The molecule has 0 unspecified atom stereocenters. The van der Waals surface area contributed by atoms with E-state index in [0.717, 1.165) is 25.1 Å². The average Bonchev–Trinajstić information content (AvgIpc) is 2.66. The van der Waals surface area contributed by atoms with Gasteiger partial charge in [0.05, 0.1) is 30.7 Å². The van der Waals surface area contributed by atoms with E-state index in [1.165, 1.54) is 6.26 Å². The van der Waals surface area contributed by atoms with Gasteiger partial charge in [0.25, 0.3) is 0 Å². The number of amides is 2. The maximum Gasteiger partial charge on any atom is 0.321 e. The molecule has 1 N–H and O–H groups in total. The number of likely N-dealkylation sites (tertiary alicyclic amines) is 1. The largest absolute Gasteiger partial charge is 0.377 e. The lowest BCUT2D eigenvalue weighted by Crippen LogP contribution is -2.44. The molecule has 1 aromatic heterocycles. The number of rotatable bonds is 5. The van der Waals surface area contributed by atoms with Crippen LogP contribution < -0.4 is 10.2 Å². The van der Waals surface area contributed by atoms with Crippen LogP contribution in [0.15, 0.2) is 30.3 Å². The number of aromatic nitrogens is 2. The van der Waals surface area contributed by atoms with Crippen LogP contribution in [0.3, 0.4) is 0 Å². The van der Waals surface area contributed by atoms with Crippen LogP contribution in [0.2, 0.25) is 0 Å². The Hall–Kier alpha value is -2.72. The molecule has 0 radical (unpaired) electrons. The number of hydrogen-bond acceptors (Lipinski definition) is 7. The number of nitrogens with one attached hydrogen (secondary N) is 1. The molecular formula is C21H27N5O4S. The summed E-state index contributed by atoms with van der Waals surface area (Å²) in [6, 6.07) is 9.03. The molecule has 10 heteroatoms. The van der Waals surface area contributed by atoms with Crippen LogP contribution >= 0.6 is 0 Å². The van der Waals surface area contributed by atoms with E-state index in [-0.39, 0.29) is 17.8 Å². The molecule has 1 atom stereocenters. The monoisotopic (exact) mass is 445 g/mol. The first-order valence-electron chi connectivity index (χ1n) is 10.3. The van der Waals surface area contributed by atoms with Gasteiger partial charge < -0.3 is 19.9 Å². The van der Waals surface area contributed by atoms with Gasteiger partial charge in [-0.05, 0) is 37.6 Å². The first-order chi connectivity index (χ1) is 14.8. The molecule has 2 fully saturated rings. The molecule has 0 aliphatic carbocycles. The third-order valence-corrected chi connectivity index (χ3v) is 6.20. The molecule has 1 aromatic carbocycles. The molecule has 2 saturated heterocycles. The van der Waals surface area contributed by atoms with E-state index in [1.807, 2.05) is 19.1 Å². The summed E-state index contributed by atoms with van der Waals surface area (Å²) in [5.74, 6) is 0.989. The number of hydrogen-bond donors (Lipinski definition) is 1. The summed E-state index contributed by atoms with van der Waals surface area (Å²) in [5.41, 5.74) is 1.89. The number of carbonyl (C=O) groups excluding carboxylic acids is 1. The number of carbonyl (C=O) groups is 1. The second kappa shape index (κ2) is 8.80. The van der Waals surface area contributed by atoms with Gasteiger partial charge in [-0.1, -0.05) is 0 Å². The van der Waals surface area contributed by atoms with Crippen molar-refractivity contribution in [2.24, 2.45) is 0 Å². The predicted molar refractivity (Wildman–Crippen MR) is 119 cm³/mol. The Morgan fingerprint density at radius 3 is 2.55 bits per heavy atom. The molecule has 2 aliphatic rings. The zero-order valence-electron chi connectivity index (χ0n) is 17.7. The van der Waals surface area contributed by atoms with Gasteiger partial charge in [0.15, 0.2) is 15.7 Å². The van der Waals surface area contributed by atoms with Crippen LogP contribution in [0.1, 0.15) is 19.0 Å². The SMILES string of the molecule is C[C@H]1COCCN1c1cc(CS(C)(=O)=O)nc(-c2ccc(NC(=O)N3CCC3)cc2)n1. The molecule has 9 nitrogen and oxygen atoms in total. The van der Waals surface area contributed by atoms with E-state index in [0.29, 0.717) is 42.8 Å². The van der Waals surface area contributed by atoms with Crippen LogP contribution in [0.25, 0.3) is 11.4 Å². The van der Waals surface area contributed by atoms with Gasteiger partial charge in [-0.3, -0.25) is 0 Å². The summed E-state index contributed by atoms with van der Waals surface area (Å²) in [7, 11) is -3.25. The highest BCUT2D eigenvalue weighted by Crippen LogP contribution is 2.25. The smallest absolute Gasteiger partial charge is 0.321 e. The first kappa shape index (κ1) is 21.5. The van der Waals surface area contributed by atoms with Crippen LogP contribution in [0.4, 0.5) is 16.3 Å². The van der Waals surface area contributed by atoms with Crippen molar-refractivity contribution in [2.45, 2.75) is 25.1 Å². The fourth-order valence-electron chi connectivity index (χ4n) is 3.59. The minimum Gasteiger partial charge on any atom is -0.377 e. The summed E-state index contributed by atoms with van der Waals surface area (Å²) in [6.07, 6.45) is 2.24. The van der Waals surface area contributed by atoms with Crippen molar-refractivity contribution in [2.75, 3.05) is 49.3 Å². The maximum atomic E-state index is 12.1. The molecule has 2 aliphatic heterocycles. The number of morpholine rings is 1. The Kier molecular flexibility index (Phi) is 6.10. The van der Waals surface area contributed by atoms with Crippen LogP contribution in [-0.4, -0.2) is 74.5 Å². The quantitative estimate of drug-likeness (QED) is 0.752. The van der Waals surface area contributed by atoms with Gasteiger partial charge in [-0.25, -0.2) is 23.2 Å². The molecule has 4 rings (SSSR count). The highest BCUT2D eigenvalue weighted by Gasteiger charge is 2.23. The molecule has 0 saturated carbocycles. The number of urea groups is 1. The van der Waals surface area contributed by atoms with E-state index in [2.05, 4.69) is 15.2 Å². The van der Waals surface area contributed by atoms with Crippen molar-refractivity contribution in [1.82, 2.24) is 14.9 Å². The van der Waals surface area contributed by atoms with Gasteiger partial charge in [0.2, 0.25) is 0 Å². The molecule has 2 aromatic rings. The Labute approximate surface area is 182 Å². The standard InChI is InChI=1S/C21H27N5O4S/c1-15-13-30-11-10-26(15)19-12-18(14-31(2,28)29)22-20(24-19)16-4-6-17(7-5-16)23-21(27)25-8-3-9-25/h4-7,12,15H,3,8-11,13-14H2,1-2H3,(H,23,27)/t15-/m0/s1. The summed E-state index contributed by atoms with van der Waals surface area (Å²) in [4.78, 5) is 25.2. The highest BCUT2D eigenvalue weighted by atomic mass is 32.2. The van der Waals surface area contributed by atoms with E-state index in [1.54, 1.807) is 23.1 Å². The molecule has 2 amide bonds. The molecule has 0 bridgehead atoms. The number of anilines is 2. The fraction of sp³-hybridized carbons (Fsp3) is 0.476. The second-order valence-electron chi connectivity index (χ2n) is 8.08. The Balaban J connectivity index is 1.61. The van der Waals surface area contributed by atoms with Gasteiger partial charge in [0.1, 0.15) is 5.82 Å². The van der Waals surface area contributed by atoms with Crippen molar-refractivity contribution in [3.8, 4) is 11.4 Å². The lowest BCUT2D eigenvalue weighted by Gasteiger charge is -2.34. The van der Waals surface area contributed by atoms with E-state index < -0.39 is 9.84 Å². The van der Waals surface area contributed by atoms with Gasteiger partial charge in [0, 0.05) is 43.2 Å². The van der Waals surface area contributed by atoms with Crippen LogP contribution in [-0.2, 0) is 20.3 Å². The van der Waals surface area contributed by atoms with Crippen molar-refractivity contribution >= 4 is 27.4 Å². The summed E-state index contributed by atoms with van der Waals surface area (Å²) in [5, 5.41) is 2.88. The van der Waals surface area contributed by atoms with E-state index in [4.69, 9.17) is 9.72 Å². The maximum absolute atomic E-state index is 12.1. The topological polar surface area (TPSA) is 105 Å². The van der Waals surface area contributed by atoms with E-state index in [9.17, 15) is 13.2 Å². The minimum atomic E-state index is -3.25. The molecule has 31 heavy (non-hydrogen) atoms. The Morgan fingerprint density at radius 2 is 1.94 bits per heavy atom. The van der Waals surface area contributed by atoms with Crippen molar-refractivity contribution in [3.63, 3.8) is 0 Å². The Bertz CT molecular complexity index is 1050. The molecule has 3 heterocycles. The molecule has 0 spiro atoms. The zero-order chi connectivity index (χ0) is 22.0. The summed E-state index contributed by atoms with van der Waals surface area (Å²) < 4.78 is 29.3. The second-order valence-corrected chi connectivity index (χ2v) is 10.2. The van der Waals surface area contributed by atoms with Crippen LogP contribution in [0, 0.1) is 0 Å². The lowest BCUT2D eigenvalue weighted by molar-refractivity contribution is 0.0985. The third kappa shape index (κ3) is 5.31. The Morgan fingerprint density at radius 1 is 1.19 bits per heavy atom. The van der Waals surface area contributed by atoms with Crippen molar-refractivity contribution in [3.05, 3.63) is 36.0 Å². The minimum absolute atomic E-state index is 0.103. The fourth-order valence-corrected chi connectivity index (χ4v) is 4.28. The van der Waals surface area contributed by atoms with Crippen molar-refractivity contribution < 1.29 is 17.9 Å². The third-order valence-electron chi connectivity index (χ3n) is 5.38. The number of nitrogens with zero attached hydrogens (tertiary/aromatic N) is 4. The molecular weight excluding hydrogens is 418 g/mol. The number of benzene rings is 1. The average molecular weight is 446 g/mol. The number of sulfone groups is 1. The van der Waals surface area contributed by atoms with Gasteiger partial charge in [-0.15, -0.1) is 0 Å². The highest BCUT2D eigenvalue weighted by molar-refractivity contribution is 7.89. The zero-order valence-corrected chi connectivity index (χ0v) is 18.6. The van der Waals surface area contributed by atoms with Gasteiger partial charge >= 0.3 is 6.03 Å². The summed E-state index contributed by atoms with van der Waals surface area (Å²) >= 11 is 0. The van der Waals surface area contributed by atoms with Crippen molar-refractivity contribution in [1.29, 1.82) is 0 Å². The normalized spacial score (nSPS) is 19.1.